The molecule has 2 aromatic rings. The van der Waals surface area contributed by atoms with E-state index in [1.54, 1.807) is 22.6 Å². The summed E-state index contributed by atoms with van der Waals surface area (Å²) in [6.07, 6.45) is -0.598. The van der Waals surface area contributed by atoms with E-state index < -0.39 is 11.7 Å². The Morgan fingerprint density at radius 1 is 1.36 bits per heavy atom. The summed E-state index contributed by atoms with van der Waals surface area (Å²) >= 11 is 1.58. The molecule has 0 spiro atoms. The molecule has 0 atom stereocenters. The Labute approximate surface area is 136 Å². The highest BCUT2D eigenvalue weighted by molar-refractivity contribution is 14.1. The van der Waals surface area contributed by atoms with Crippen LogP contribution >= 0.6 is 22.6 Å². The van der Waals surface area contributed by atoms with E-state index >= 15 is 0 Å². The number of carbonyl (C=O) groups is 1. The molecule has 0 radical (unpaired) electrons. The largest absolute Gasteiger partial charge is 0.497 e. The van der Waals surface area contributed by atoms with Crippen molar-refractivity contribution in [2.75, 3.05) is 7.11 Å². The molecule has 0 amide bonds. The van der Waals surface area contributed by atoms with Gasteiger partial charge in [-0.2, -0.15) is 13.2 Å². The van der Waals surface area contributed by atoms with Crippen molar-refractivity contribution in [3.63, 3.8) is 0 Å². The van der Waals surface area contributed by atoms with E-state index in [0.29, 0.717) is 0 Å². The van der Waals surface area contributed by atoms with Crippen molar-refractivity contribution in [2.24, 2.45) is 0 Å². The van der Waals surface area contributed by atoms with Gasteiger partial charge >= 0.3 is 6.18 Å². The summed E-state index contributed by atoms with van der Waals surface area (Å²) in [5.41, 5.74) is -0.684. The summed E-state index contributed by atoms with van der Waals surface area (Å²) < 4.78 is 44.5. The van der Waals surface area contributed by atoms with Gasteiger partial charge in [0.05, 0.1) is 12.7 Å². The second-order valence-electron chi connectivity index (χ2n) is 4.12. The standard InChI is InChI=1S/C13H9F3IN3O2/c1-22-10-5-8(4-9(6-10)13(14,15)16)12-18-7-20(19-12)3-2-11(17)21/h2-7H,1H3/b3-2-. The molecular formula is C13H9F3IN3O2. The Morgan fingerprint density at radius 3 is 2.68 bits per heavy atom. The molecule has 0 saturated carbocycles. The molecule has 2 rings (SSSR count). The van der Waals surface area contributed by atoms with Crippen molar-refractivity contribution >= 4 is 32.6 Å². The monoisotopic (exact) mass is 423 g/mol. The molecule has 116 valence electrons. The van der Waals surface area contributed by atoms with Crippen LogP contribution < -0.4 is 4.74 Å². The SMILES string of the molecule is COc1cc(-c2ncn(/C=C\C(=O)I)n2)cc(C(F)(F)F)c1. The first kappa shape index (κ1) is 16.5. The summed E-state index contributed by atoms with van der Waals surface area (Å²) in [6, 6.07) is 3.24. The van der Waals surface area contributed by atoms with Gasteiger partial charge in [-0.15, -0.1) is 5.10 Å². The maximum Gasteiger partial charge on any atom is 0.416 e. The third kappa shape index (κ3) is 4.06. The maximum atomic E-state index is 12.9. The fraction of sp³-hybridized carbons (Fsp3) is 0.154. The summed E-state index contributed by atoms with van der Waals surface area (Å²) in [5.74, 6) is 0.147. The van der Waals surface area contributed by atoms with E-state index in [1.807, 2.05) is 0 Å². The Hall–Kier alpha value is -1.91. The molecule has 5 nitrogen and oxygen atoms in total. The number of nitrogens with zero attached hydrogens (tertiary/aromatic N) is 3. The van der Waals surface area contributed by atoms with E-state index in [4.69, 9.17) is 4.74 Å². The minimum Gasteiger partial charge on any atom is -0.497 e. The van der Waals surface area contributed by atoms with E-state index in [0.717, 1.165) is 12.1 Å². The van der Waals surface area contributed by atoms with Gasteiger partial charge in [-0.3, -0.25) is 4.79 Å². The third-order valence-corrected chi connectivity index (χ3v) is 2.95. The molecule has 0 aliphatic heterocycles. The predicted octanol–water partition coefficient (Wildman–Crippen LogP) is 3.40. The van der Waals surface area contributed by atoms with Crippen LogP contribution in [0.4, 0.5) is 13.2 Å². The molecule has 1 heterocycles. The highest BCUT2D eigenvalue weighted by Crippen LogP contribution is 2.34. The second-order valence-corrected chi connectivity index (χ2v) is 5.18. The first-order valence-electron chi connectivity index (χ1n) is 5.85. The quantitative estimate of drug-likeness (QED) is 0.430. The minimum absolute atomic E-state index is 0.0548. The maximum absolute atomic E-state index is 12.9. The van der Waals surface area contributed by atoms with Crippen molar-refractivity contribution in [3.8, 4) is 17.1 Å². The van der Waals surface area contributed by atoms with Crippen LogP contribution in [-0.2, 0) is 11.0 Å². The number of aromatic nitrogens is 3. The lowest BCUT2D eigenvalue weighted by Gasteiger charge is -2.10. The lowest BCUT2D eigenvalue weighted by Crippen LogP contribution is -2.05. The molecule has 0 unspecified atom stereocenters. The van der Waals surface area contributed by atoms with Crippen molar-refractivity contribution < 1.29 is 22.7 Å². The first-order valence-corrected chi connectivity index (χ1v) is 6.93. The zero-order valence-electron chi connectivity index (χ0n) is 11.1. The lowest BCUT2D eigenvalue weighted by molar-refractivity contribution is -0.137. The van der Waals surface area contributed by atoms with Crippen molar-refractivity contribution in [1.29, 1.82) is 0 Å². The highest BCUT2D eigenvalue weighted by Gasteiger charge is 2.31. The van der Waals surface area contributed by atoms with Gasteiger partial charge in [0.25, 0.3) is 0 Å². The Morgan fingerprint density at radius 2 is 2.09 bits per heavy atom. The van der Waals surface area contributed by atoms with Crippen molar-refractivity contribution in [2.45, 2.75) is 6.18 Å². The van der Waals surface area contributed by atoms with Gasteiger partial charge in [0.2, 0.25) is 3.79 Å². The van der Waals surface area contributed by atoms with Gasteiger partial charge in [0.1, 0.15) is 12.1 Å². The molecule has 0 saturated heterocycles. The van der Waals surface area contributed by atoms with Gasteiger partial charge in [-0.05, 0) is 18.2 Å². The molecule has 0 aliphatic carbocycles. The Bertz CT molecular complexity index is 726. The number of benzene rings is 1. The molecule has 1 aromatic carbocycles. The number of methoxy groups -OCH3 is 1. The molecule has 0 aliphatic rings. The van der Waals surface area contributed by atoms with Crippen LogP contribution in [0.5, 0.6) is 5.75 Å². The van der Waals surface area contributed by atoms with Crippen molar-refractivity contribution in [3.05, 3.63) is 36.2 Å². The second kappa shape index (κ2) is 6.46. The van der Waals surface area contributed by atoms with Crippen molar-refractivity contribution in [1.82, 2.24) is 14.8 Å². The topological polar surface area (TPSA) is 57.0 Å². The Kier molecular flexibility index (Phi) is 4.84. The molecular weight excluding hydrogens is 414 g/mol. The molecule has 22 heavy (non-hydrogen) atoms. The number of alkyl halides is 3. The minimum atomic E-state index is -4.50. The lowest BCUT2D eigenvalue weighted by atomic mass is 10.1. The molecule has 1 aromatic heterocycles. The number of carbonyl (C=O) groups excluding carboxylic acids is 1. The van der Waals surface area contributed by atoms with E-state index in [-0.39, 0.29) is 20.9 Å². The van der Waals surface area contributed by atoms with E-state index in [1.165, 1.54) is 36.5 Å². The average Bonchev–Trinajstić information content (AvgIpc) is 2.92. The van der Waals surface area contributed by atoms with Crippen LogP contribution in [0.1, 0.15) is 5.56 Å². The zero-order chi connectivity index (χ0) is 16.3. The van der Waals surface area contributed by atoms with E-state index in [9.17, 15) is 18.0 Å². The number of halogens is 4. The van der Waals surface area contributed by atoms with Gasteiger partial charge in [0.15, 0.2) is 5.82 Å². The summed E-state index contributed by atoms with van der Waals surface area (Å²) in [6.45, 7) is 0. The predicted molar refractivity (Wildman–Crippen MR) is 81.4 cm³/mol. The number of hydrogen-bond acceptors (Lipinski definition) is 4. The summed E-state index contributed by atoms with van der Waals surface area (Å²) in [7, 11) is 1.28. The summed E-state index contributed by atoms with van der Waals surface area (Å²) in [5, 5.41) is 3.99. The van der Waals surface area contributed by atoms with Crippen LogP contribution in [0.25, 0.3) is 17.6 Å². The van der Waals surface area contributed by atoms with Gasteiger partial charge < -0.3 is 4.74 Å². The fourth-order valence-electron chi connectivity index (χ4n) is 1.62. The molecule has 0 fully saturated rings. The first-order chi connectivity index (χ1) is 10.3. The molecule has 9 heteroatoms. The number of ether oxygens (including phenoxy) is 1. The third-order valence-electron chi connectivity index (χ3n) is 2.59. The highest BCUT2D eigenvalue weighted by atomic mass is 127. The van der Waals surface area contributed by atoms with Gasteiger partial charge in [0, 0.05) is 40.4 Å². The van der Waals surface area contributed by atoms with Gasteiger partial charge in [-0.1, -0.05) is 0 Å². The Balaban J connectivity index is 2.42. The molecule has 0 N–H and O–H groups in total. The fourth-order valence-corrected chi connectivity index (χ4v) is 1.78. The van der Waals surface area contributed by atoms with Crippen LogP contribution in [0, 0.1) is 0 Å². The van der Waals surface area contributed by atoms with Crippen LogP contribution in [0.3, 0.4) is 0 Å². The summed E-state index contributed by atoms with van der Waals surface area (Å²) in [4.78, 5) is 14.8. The van der Waals surface area contributed by atoms with Gasteiger partial charge in [-0.25, -0.2) is 9.67 Å². The number of hydrogen-bond donors (Lipinski definition) is 0. The number of rotatable bonds is 4. The normalized spacial score (nSPS) is 11.9. The van der Waals surface area contributed by atoms with Crippen LogP contribution in [0.15, 0.2) is 30.6 Å². The van der Waals surface area contributed by atoms with Crippen LogP contribution in [0.2, 0.25) is 0 Å². The smallest absolute Gasteiger partial charge is 0.416 e. The average molecular weight is 423 g/mol. The van der Waals surface area contributed by atoms with Crippen LogP contribution in [-0.4, -0.2) is 25.7 Å². The number of allylic oxidation sites excluding steroid dienone is 1. The zero-order valence-corrected chi connectivity index (χ0v) is 13.3. The molecule has 0 bridgehead atoms. The van der Waals surface area contributed by atoms with E-state index in [2.05, 4.69) is 10.1 Å².